The van der Waals surface area contributed by atoms with Crippen molar-refractivity contribution in [3.63, 3.8) is 0 Å². The molecule has 2 rings (SSSR count). The first-order valence-electron chi connectivity index (χ1n) is 6.19. The Labute approximate surface area is 102 Å². The molecule has 2 N–H and O–H groups in total. The Bertz CT molecular complexity index is 394. The number of hydrogen-bond acceptors (Lipinski definition) is 3. The zero-order valence-corrected chi connectivity index (χ0v) is 10.6. The molecule has 0 radical (unpaired) electrons. The summed E-state index contributed by atoms with van der Waals surface area (Å²) in [5.74, 6) is -0.708. The second-order valence-electron chi connectivity index (χ2n) is 5.27. The molecule has 98 valence electrons. The summed E-state index contributed by atoms with van der Waals surface area (Å²) in [4.78, 5) is 11.3. The average molecular weight is 261 g/mol. The molecule has 2 saturated carbocycles. The molecular formula is C11H19NO4S. The normalized spacial score (nSPS) is 24.5. The van der Waals surface area contributed by atoms with Crippen molar-refractivity contribution in [2.75, 3.05) is 5.75 Å². The summed E-state index contributed by atoms with van der Waals surface area (Å²) in [6.07, 6.45) is 5.25. The molecule has 0 aliphatic heterocycles. The molecule has 0 bridgehead atoms. The van der Waals surface area contributed by atoms with Gasteiger partial charge in [-0.05, 0) is 31.6 Å². The van der Waals surface area contributed by atoms with Gasteiger partial charge in [0.05, 0.1) is 5.75 Å². The molecule has 0 amide bonds. The molecule has 2 fully saturated rings. The van der Waals surface area contributed by atoms with E-state index >= 15 is 0 Å². The van der Waals surface area contributed by atoms with Gasteiger partial charge in [-0.2, -0.15) is 4.72 Å². The molecule has 0 heterocycles. The second kappa shape index (κ2) is 4.57. The molecule has 0 saturated heterocycles. The summed E-state index contributed by atoms with van der Waals surface area (Å²) in [6.45, 7) is 0. The highest BCUT2D eigenvalue weighted by Crippen LogP contribution is 2.33. The van der Waals surface area contributed by atoms with Gasteiger partial charge in [-0.1, -0.05) is 19.3 Å². The van der Waals surface area contributed by atoms with Crippen LogP contribution in [-0.2, 0) is 14.8 Å². The van der Waals surface area contributed by atoms with E-state index in [1.165, 1.54) is 0 Å². The Morgan fingerprint density at radius 3 is 2.29 bits per heavy atom. The van der Waals surface area contributed by atoms with E-state index in [4.69, 9.17) is 0 Å². The van der Waals surface area contributed by atoms with Gasteiger partial charge in [-0.3, -0.25) is 4.79 Å². The highest BCUT2D eigenvalue weighted by molar-refractivity contribution is 7.89. The van der Waals surface area contributed by atoms with Gasteiger partial charge in [0.25, 0.3) is 0 Å². The van der Waals surface area contributed by atoms with Crippen LogP contribution >= 0.6 is 0 Å². The van der Waals surface area contributed by atoms with E-state index in [0.717, 1.165) is 32.1 Å². The van der Waals surface area contributed by atoms with E-state index in [2.05, 4.69) is 4.72 Å². The maximum atomic E-state index is 11.9. The fourth-order valence-corrected chi connectivity index (χ4v) is 4.37. The number of rotatable bonds is 5. The van der Waals surface area contributed by atoms with E-state index in [1.807, 2.05) is 0 Å². The number of carbonyl (C=O) groups is 1. The van der Waals surface area contributed by atoms with Crippen molar-refractivity contribution < 1.29 is 18.3 Å². The largest absolute Gasteiger partial charge is 0.480 e. The Morgan fingerprint density at radius 2 is 1.82 bits per heavy atom. The van der Waals surface area contributed by atoms with Crippen LogP contribution in [0.1, 0.15) is 44.9 Å². The van der Waals surface area contributed by atoms with Crippen molar-refractivity contribution in [2.45, 2.75) is 50.5 Å². The lowest BCUT2D eigenvalue weighted by molar-refractivity contribution is -0.145. The lowest BCUT2D eigenvalue weighted by Gasteiger charge is -2.33. The zero-order chi connectivity index (χ0) is 12.5. The Hall–Kier alpha value is -0.620. The highest BCUT2D eigenvalue weighted by atomic mass is 32.2. The molecule has 0 atom stereocenters. The topological polar surface area (TPSA) is 83.5 Å². The predicted octanol–water partition coefficient (Wildman–Crippen LogP) is 1.10. The Morgan fingerprint density at radius 1 is 1.24 bits per heavy atom. The van der Waals surface area contributed by atoms with Crippen LogP contribution in [0, 0.1) is 5.92 Å². The number of carboxylic acids is 1. The van der Waals surface area contributed by atoms with Gasteiger partial charge < -0.3 is 5.11 Å². The summed E-state index contributed by atoms with van der Waals surface area (Å²) >= 11 is 0. The molecular weight excluding hydrogens is 242 g/mol. The SMILES string of the molecule is O=C(O)C1(NS(=O)(=O)CC2CC2)CCCCC1. The van der Waals surface area contributed by atoms with Crippen LogP contribution in [0.5, 0.6) is 0 Å². The minimum atomic E-state index is -3.45. The molecule has 0 aromatic carbocycles. The second-order valence-corrected chi connectivity index (χ2v) is 7.04. The first kappa shape index (κ1) is 12.8. The van der Waals surface area contributed by atoms with E-state index in [-0.39, 0.29) is 11.7 Å². The minimum absolute atomic E-state index is 0.0853. The summed E-state index contributed by atoms with van der Waals surface area (Å²) in [5.41, 5.74) is -1.24. The van der Waals surface area contributed by atoms with Crippen LogP contribution in [0.15, 0.2) is 0 Å². The van der Waals surface area contributed by atoms with Gasteiger partial charge in [-0.25, -0.2) is 8.42 Å². The third kappa shape index (κ3) is 3.19. The van der Waals surface area contributed by atoms with Crippen molar-refractivity contribution >= 4 is 16.0 Å². The number of carboxylic acid groups (broad SMARTS) is 1. The standard InChI is InChI=1S/C11H19NO4S/c13-10(14)11(6-2-1-3-7-11)12-17(15,16)8-9-4-5-9/h9,12H,1-8H2,(H,13,14). The van der Waals surface area contributed by atoms with Gasteiger partial charge in [0.15, 0.2) is 0 Å². The third-order valence-corrected chi connectivity index (χ3v) is 5.23. The molecule has 5 nitrogen and oxygen atoms in total. The lowest BCUT2D eigenvalue weighted by atomic mass is 9.83. The van der Waals surface area contributed by atoms with Gasteiger partial charge in [0.2, 0.25) is 10.0 Å². The van der Waals surface area contributed by atoms with Crippen LogP contribution in [0.25, 0.3) is 0 Å². The predicted molar refractivity (Wildman–Crippen MR) is 63.1 cm³/mol. The average Bonchev–Trinajstić information content (AvgIpc) is 3.01. The maximum Gasteiger partial charge on any atom is 0.324 e. The molecule has 2 aliphatic carbocycles. The van der Waals surface area contributed by atoms with E-state index in [1.54, 1.807) is 0 Å². The Balaban J connectivity index is 2.08. The van der Waals surface area contributed by atoms with E-state index in [9.17, 15) is 18.3 Å². The number of sulfonamides is 1. The highest BCUT2D eigenvalue weighted by Gasteiger charge is 2.43. The molecule has 0 aromatic rings. The van der Waals surface area contributed by atoms with Crippen molar-refractivity contribution in [1.29, 1.82) is 0 Å². The van der Waals surface area contributed by atoms with Crippen molar-refractivity contribution in [1.82, 2.24) is 4.72 Å². The fraction of sp³-hybridized carbons (Fsp3) is 0.909. The molecule has 0 unspecified atom stereocenters. The molecule has 17 heavy (non-hydrogen) atoms. The third-order valence-electron chi connectivity index (χ3n) is 3.62. The minimum Gasteiger partial charge on any atom is -0.480 e. The molecule has 0 spiro atoms. The monoisotopic (exact) mass is 261 g/mol. The van der Waals surface area contributed by atoms with Crippen LogP contribution < -0.4 is 4.72 Å². The first-order valence-corrected chi connectivity index (χ1v) is 7.84. The summed E-state index contributed by atoms with van der Waals surface area (Å²) in [7, 11) is -3.45. The molecule has 0 aromatic heterocycles. The van der Waals surface area contributed by atoms with Crippen molar-refractivity contribution in [2.24, 2.45) is 5.92 Å². The quantitative estimate of drug-likeness (QED) is 0.776. The van der Waals surface area contributed by atoms with Crippen LogP contribution in [-0.4, -0.2) is 30.8 Å². The van der Waals surface area contributed by atoms with E-state index < -0.39 is 21.5 Å². The maximum absolute atomic E-state index is 11.9. The summed E-state index contributed by atoms with van der Waals surface area (Å²) < 4.78 is 26.2. The number of aliphatic carboxylic acids is 1. The zero-order valence-electron chi connectivity index (χ0n) is 9.81. The lowest BCUT2D eigenvalue weighted by Crippen LogP contribution is -2.56. The van der Waals surface area contributed by atoms with Crippen LogP contribution in [0.4, 0.5) is 0 Å². The number of hydrogen-bond donors (Lipinski definition) is 2. The van der Waals surface area contributed by atoms with Gasteiger partial charge >= 0.3 is 5.97 Å². The molecule has 2 aliphatic rings. The van der Waals surface area contributed by atoms with Crippen molar-refractivity contribution in [3.8, 4) is 0 Å². The summed E-state index contributed by atoms with van der Waals surface area (Å²) in [5, 5.41) is 9.27. The molecule has 6 heteroatoms. The summed E-state index contributed by atoms with van der Waals surface area (Å²) in [6, 6.07) is 0. The van der Waals surface area contributed by atoms with Crippen molar-refractivity contribution in [3.05, 3.63) is 0 Å². The fourth-order valence-electron chi connectivity index (χ4n) is 2.45. The van der Waals surface area contributed by atoms with Gasteiger partial charge in [0.1, 0.15) is 5.54 Å². The Kier molecular flexibility index (Phi) is 3.45. The van der Waals surface area contributed by atoms with Crippen LogP contribution in [0.3, 0.4) is 0 Å². The van der Waals surface area contributed by atoms with Gasteiger partial charge in [-0.15, -0.1) is 0 Å². The first-order chi connectivity index (χ1) is 7.94. The van der Waals surface area contributed by atoms with Gasteiger partial charge in [0, 0.05) is 0 Å². The van der Waals surface area contributed by atoms with Crippen LogP contribution in [0.2, 0.25) is 0 Å². The van der Waals surface area contributed by atoms with E-state index in [0.29, 0.717) is 12.8 Å². The number of nitrogens with one attached hydrogen (secondary N) is 1. The smallest absolute Gasteiger partial charge is 0.324 e.